The van der Waals surface area contributed by atoms with Crippen molar-refractivity contribution in [1.82, 2.24) is 4.90 Å². The van der Waals surface area contributed by atoms with Gasteiger partial charge in [-0.05, 0) is 56.4 Å². The van der Waals surface area contributed by atoms with Crippen LogP contribution in [0.1, 0.15) is 31.2 Å². The Morgan fingerprint density at radius 3 is 2.67 bits per heavy atom. The number of anilines is 1. The SMILES string of the molecule is Cc1cc(Cl)ccc1NC(=O)CN1C2CCC1CC(N)C2. The molecule has 2 aliphatic heterocycles. The zero-order valence-corrected chi connectivity index (χ0v) is 13.1. The van der Waals surface area contributed by atoms with E-state index in [0.29, 0.717) is 29.7 Å². The number of benzene rings is 1. The zero-order valence-electron chi connectivity index (χ0n) is 12.3. The summed E-state index contributed by atoms with van der Waals surface area (Å²) in [5, 5.41) is 3.68. The molecule has 1 aromatic carbocycles. The molecule has 2 heterocycles. The summed E-state index contributed by atoms with van der Waals surface area (Å²) in [4.78, 5) is 14.6. The van der Waals surface area contributed by atoms with Gasteiger partial charge in [-0.25, -0.2) is 0 Å². The second kappa shape index (κ2) is 5.95. The number of fused-ring (bicyclic) bond motifs is 2. The van der Waals surface area contributed by atoms with Crippen molar-refractivity contribution >= 4 is 23.2 Å². The van der Waals surface area contributed by atoms with E-state index in [2.05, 4.69) is 10.2 Å². The van der Waals surface area contributed by atoms with Gasteiger partial charge in [-0.3, -0.25) is 9.69 Å². The Morgan fingerprint density at radius 1 is 1.38 bits per heavy atom. The molecule has 2 bridgehead atoms. The number of halogens is 1. The van der Waals surface area contributed by atoms with Crippen LogP contribution in [0.5, 0.6) is 0 Å². The quantitative estimate of drug-likeness (QED) is 0.902. The Bertz CT molecular complexity index is 534. The van der Waals surface area contributed by atoms with Gasteiger partial charge in [-0.1, -0.05) is 11.6 Å². The topological polar surface area (TPSA) is 58.4 Å². The predicted molar refractivity (Wildman–Crippen MR) is 85.5 cm³/mol. The maximum Gasteiger partial charge on any atom is 0.238 e. The second-order valence-corrected chi connectivity index (χ2v) is 6.73. The standard InChI is InChI=1S/C16H22ClN3O/c1-10-6-11(17)2-5-15(10)19-16(21)9-20-13-3-4-14(20)8-12(18)7-13/h2,5-6,12-14H,3-4,7-9,18H2,1H3,(H,19,21). The van der Waals surface area contributed by atoms with E-state index >= 15 is 0 Å². The molecule has 2 saturated heterocycles. The Hall–Kier alpha value is -1.10. The van der Waals surface area contributed by atoms with Gasteiger partial charge in [0, 0.05) is 28.8 Å². The summed E-state index contributed by atoms with van der Waals surface area (Å²) in [7, 11) is 0. The number of carbonyl (C=O) groups excluding carboxylic acids is 1. The van der Waals surface area contributed by atoms with Crippen LogP contribution >= 0.6 is 11.6 Å². The fourth-order valence-corrected chi connectivity index (χ4v) is 3.92. The summed E-state index contributed by atoms with van der Waals surface area (Å²) >= 11 is 5.94. The Kier molecular flexibility index (Phi) is 4.20. The van der Waals surface area contributed by atoms with Crippen LogP contribution in [0, 0.1) is 6.92 Å². The highest BCUT2D eigenvalue weighted by Crippen LogP contribution is 2.34. The molecule has 21 heavy (non-hydrogen) atoms. The minimum absolute atomic E-state index is 0.0489. The van der Waals surface area contributed by atoms with Crippen LogP contribution in [0.25, 0.3) is 0 Å². The van der Waals surface area contributed by atoms with E-state index in [1.807, 2.05) is 19.1 Å². The first-order valence-electron chi connectivity index (χ1n) is 7.60. The monoisotopic (exact) mass is 307 g/mol. The molecule has 3 rings (SSSR count). The molecule has 1 amide bonds. The lowest BCUT2D eigenvalue weighted by molar-refractivity contribution is -0.118. The number of aryl methyl sites for hydroxylation is 1. The number of rotatable bonds is 3. The third-order valence-corrected chi connectivity index (χ3v) is 4.94. The number of nitrogens with one attached hydrogen (secondary N) is 1. The summed E-state index contributed by atoms with van der Waals surface area (Å²) in [6.45, 7) is 2.41. The molecule has 2 fully saturated rings. The summed E-state index contributed by atoms with van der Waals surface area (Å²) in [5.74, 6) is 0.0489. The van der Waals surface area contributed by atoms with Crippen LogP contribution in [-0.2, 0) is 4.79 Å². The van der Waals surface area contributed by atoms with E-state index in [1.165, 1.54) is 12.8 Å². The lowest BCUT2D eigenvalue weighted by atomic mass is 9.98. The van der Waals surface area contributed by atoms with Crippen LogP contribution < -0.4 is 11.1 Å². The number of nitrogens with zero attached hydrogens (tertiary/aromatic N) is 1. The predicted octanol–water partition coefficient (Wildman–Crippen LogP) is 2.54. The maximum absolute atomic E-state index is 12.3. The molecule has 0 radical (unpaired) electrons. The van der Waals surface area contributed by atoms with Gasteiger partial charge < -0.3 is 11.1 Å². The van der Waals surface area contributed by atoms with E-state index in [9.17, 15) is 4.79 Å². The molecule has 5 heteroatoms. The van der Waals surface area contributed by atoms with Gasteiger partial charge in [-0.2, -0.15) is 0 Å². The van der Waals surface area contributed by atoms with Crippen LogP contribution in [0.4, 0.5) is 5.69 Å². The van der Waals surface area contributed by atoms with Gasteiger partial charge >= 0.3 is 0 Å². The summed E-state index contributed by atoms with van der Waals surface area (Å²) < 4.78 is 0. The van der Waals surface area contributed by atoms with Crippen LogP contribution in [0.3, 0.4) is 0 Å². The van der Waals surface area contributed by atoms with Crippen LogP contribution in [0.15, 0.2) is 18.2 Å². The number of hydrogen-bond donors (Lipinski definition) is 2. The lowest BCUT2D eigenvalue weighted by Gasteiger charge is -2.37. The molecule has 1 aromatic rings. The lowest BCUT2D eigenvalue weighted by Crippen LogP contribution is -2.49. The van der Waals surface area contributed by atoms with Crippen molar-refractivity contribution in [3.05, 3.63) is 28.8 Å². The van der Waals surface area contributed by atoms with E-state index in [-0.39, 0.29) is 5.91 Å². The minimum Gasteiger partial charge on any atom is -0.328 e. The highest BCUT2D eigenvalue weighted by molar-refractivity contribution is 6.30. The average Bonchev–Trinajstić information content (AvgIpc) is 2.66. The normalized spacial score (nSPS) is 28.6. The average molecular weight is 308 g/mol. The molecule has 0 aromatic heterocycles. The van der Waals surface area contributed by atoms with Gasteiger partial charge in [-0.15, -0.1) is 0 Å². The van der Waals surface area contributed by atoms with Gasteiger partial charge in [0.15, 0.2) is 0 Å². The van der Waals surface area contributed by atoms with Crippen molar-refractivity contribution in [3.63, 3.8) is 0 Å². The van der Waals surface area contributed by atoms with Crippen molar-refractivity contribution < 1.29 is 4.79 Å². The van der Waals surface area contributed by atoms with Crippen LogP contribution in [0.2, 0.25) is 5.02 Å². The molecule has 0 spiro atoms. The molecule has 3 N–H and O–H groups in total. The Labute approximate surface area is 130 Å². The number of nitrogens with two attached hydrogens (primary N) is 1. The highest BCUT2D eigenvalue weighted by Gasteiger charge is 2.40. The number of hydrogen-bond acceptors (Lipinski definition) is 3. The van der Waals surface area contributed by atoms with Gasteiger partial charge in [0.2, 0.25) is 5.91 Å². The maximum atomic E-state index is 12.3. The van der Waals surface area contributed by atoms with Gasteiger partial charge in [0.1, 0.15) is 0 Å². The van der Waals surface area contributed by atoms with E-state index in [0.717, 1.165) is 24.1 Å². The molecule has 4 nitrogen and oxygen atoms in total. The molecular formula is C16H22ClN3O. The zero-order chi connectivity index (χ0) is 15.0. The largest absolute Gasteiger partial charge is 0.328 e. The fraction of sp³-hybridized carbons (Fsp3) is 0.562. The third kappa shape index (κ3) is 3.23. The summed E-state index contributed by atoms with van der Waals surface area (Å²) in [6.07, 6.45) is 4.38. The van der Waals surface area contributed by atoms with Crippen molar-refractivity contribution in [2.45, 2.75) is 50.7 Å². The number of amides is 1. The molecule has 114 valence electrons. The molecule has 0 aliphatic carbocycles. The molecular weight excluding hydrogens is 286 g/mol. The molecule has 0 saturated carbocycles. The Balaban J connectivity index is 1.62. The number of piperidine rings is 1. The summed E-state index contributed by atoms with van der Waals surface area (Å²) in [5.41, 5.74) is 7.89. The van der Waals surface area contributed by atoms with Crippen molar-refractivity contribution in [2.24, 2.45) is 5.73 Å². The second-order valence-electron chi connectivity index (χ2n) is 6.30. The first-order chi connectivity index (χ1) is 10.0. The third-order valence-electron chi connectivity index (χ3n) is 4.71. The van der Waals surface area contributed by atoms with E-state index in [4.69, 9.17) is 17.3 Å². The Morgan fingerprint density at radius 2 is 2.05 bits per heavy atom. The van der Waals surface area contributed by atoms with Crippen molar-refractivity contribution in [2.75, 3.05) is 11.9 Å². The van der Waals surface area contributed by atoms with Crippen molar-refractivity contribution in [3.8, 4) is 0 Å². The smallest absolute Gasteiger partial charge is 0.238 e. The molecule has 2 aliphatic rings. The highest BCUT2D eigenvalue weighted by atomic mass is 35.5. The first-order valence-corrected chi connectivity index (χ1v) is 7.98. The van der Waals surface area contributed by atoms with Crippen LogP contribution in [-0.4, -0.2) is 35.5 Å². The van der Waals surface area contributed by atoms with Gasteiger partial charge in [0.05, 0.1) is 6.54 Å². The minimum atomic E-state index is 0.0489. The fourth-order valence-electron chi connectivity index (χ4n) is 3.70. The van der Waals surface area contributed by atoms with Crippen molar-refractivity contribution in [1.29, 1.82) is 0 Å². The summed E-state index contributed by atoms with van der Waals surface area (Å²) in [6, 6.07) is 6.79. The first kappa shape index (κ1) is 14.8. The van der Waals surface area contributed by atoms with Gasteiger partial charge in [0.25, 0.3) is 0 Å². The number of carbonyl (C=O) groups is 1. The molecule has 2 unspecified atom stereocenters. The van der Waals surface area contributed by atoms with E-state index in [1.54, 1.807) is 6.07 Å². The van der Waals surface area contributed by atoms with E-state index < -0.39 is 0 Å². The molecule has 2 atom stereocenters.